The van der Waals surface area contributed by atoms with E-state index in [1.165, 1.54) is 7.11 Å². The van der Waals surface area contributed by atoms with Crippen LogP contribution >= 0.6 is 27.5 Å². The Balaban J connectivity index is 2.13. The minimum atomic E-state index is -0.164. The Morgan fingerprint density at radius 1 is 1.19 bits per heavy atom. The minimum absolute atomic E-state index is 0.102. The molecule has 0 atom stereocenters. The molecule has 0 unspecified atom stereocenters. The minimum Gasteiger partial charge on any atom is -0.496 e. The van der Waals surface area contributed by atoms with Crippen LogP contribution in [0.3, 0.4) is 0 Å². The Bertz CT molecular complexity index is 671. The summed E-state index contributed by atoms with van der Waals surface area (Å²) in [6, 6.07) is 10.7. The summed E-state index contributed by atoms with van der Waals surface area (Å²) in [5.41, 5.74) is 1.52. The maximum atomic E-state index is 12.2. The van der Waals surface area contributed by atoms with Crippen molar-refractivity contribution in [2.24, 2.45) is 0 Å². The fourth-order valence-corrected chi connectivity index (χ4v) is 2.35. The van der Waals surface area contributed by atoms with Crippen LogP contribution < -0.4 is 9.47 Å². The van der Waals surface area contributed by atoms with Crippen molar-refractivity contribution in [2.45, 2.75) is 6.92 Å². The molecular weight excluding hydrogens is 356 g/mol. The van der Waals surface area contributed by atoms with E-state index in [4.69, 9.17) is 21.1 Å². The smallest absolute Gasteiger partial charge is 0.203 e. The van der Waals surface area contributed by atoms with Gasteiger partial charge in [0.2, 0.25) is 5.78 Å². The Labute approximate surface area is 137 Å². The first-order valence-electron chi connectivity index (χ1n) is 6.27. The highest BCUT2D eigenvalue weighted by Gasteiger charge is 2.14. The molecule has 0 N–H and O–H groups in total. The predicted molar refractivity (Wildman–Crippen MR) is 86.7 cm³/mol. The van der Waals surface area contributed by atoms with E-state index in [9.17, 15) is 4.79 Å². The van der Waals surface area contributed by atoms with Crippen molar-refractivity contribution in [3.8, 4) is 11.5 Å². The second-order valence-electron chi connectivity index (χ2n) is 4.49. The maximum absolute atomic E-state index is 12.2. The number of ketones is 1. The van der Waals surface area contributed by atoms with E-state index in [0.717, 1.165) is 10.0 Å². The number of aryl methyl sites for hydroxylation is 1. The lowest BCUT2D eigenvalue weighted by Crippen LogP contribution is -2.13. The zero-order valence-corrected chi connectivity index (χ0v) is 14.0. The normalized spacial score (nSPS) is 10.3. The van der Waals surface area contributed by atoms with Gasteiger partial charge in [-0.1, -0.05) is 33.6 Å². The number of benzene rings is 2. The lowest BCUT2D eigenvalue weighted by Gasteiger charge is -2.11. The molecule has 110 valence electrons. The molecule has 2 aromatic rings. The van der Waals surface area contributed by atoms with E-state index < -0.39 is 0 Å². The largest absolute Gasteiger partial charge is 0.496 e. The SMILES string of the molecule is COc1cc(C)ccc1C(=O)COc1cc(Br)ccc1Cl. The van der Waals surface area contributed by atoms with Crippen molar-refractivity contribution >= 4 is 33.3 Å². The molecule has 0 heterocycles. The van der Waals surface area contributed by atoms with Gasteiger partial charge in [-0.05, 0) is 42.8 Å². The monoisotopic (exact) mass is 368 g/mol. The summed E-state index contributed by atoms with van der Waals surface area (Å²) < 4.78 is 11.6. The van der Waals surface area contributed by atoms with Gasteiger partial charge in [-0.25, -0.2) is 0 Å². The van der Waals surface area contributed by atoms with E-state index in [-0.39, 0.29) is 12.4 Å². The summed E-state index contributed by atoms with van der Waals surface area (Å²) in [7, 11) is 1.54. The van der Waals surface area contributed by atoms with E-state index in [1.54, 1.807) is 24.3 Å². The van der Waals surface area contributed by atoms with Gasteiger partial charge in [0.25, 0.3) is 0 Å². The molecule has 0 aliphatic carbocycles. The highest BCUT2D eigenvalue weighted by Crippen LogP contribution is 2.28. The van der Waals surface area contributed by atoms with Crippen molar-refractivity contribution in [3.63, 3.8) is 0 Å². The molecule has 0 saturated carbocycles. The van der Waals surface area contributed by atoms with Crippen LogP contribution in [0.25, 0.3) is 0 Å². The number of methoxy groups -OCH3 is 1. The van der Waals surface area contributed by atoms with Crippen LogP contribution in [0, 0.1) is 6.92 Å². The number of carbonyl (C=O) groups is 1. The first-order valence-corrected chi connectivity index (χ1v) is 7.44. The molecule has 0 saturated heterocycles. The Kier molecular flexibility index (Phi) is 5.26. The molecule has 2 rings (SSSR count). The summed E-state index contributed by atoms with van der Waals surface area (Å²) in [5, 5.41) is 0.460. The molecule has 0 bridgehead atoms. The van der Waals surface area contributed by atoms with E-state index in [1.807, 2.05) is 19.1 Å². The fourth-order valence-electron chi connectivity index (χ4n) is 1.84. The Morgan fingerprint density at radius 3 is 2.67 bits per heavy atom. The van der Waals surface area contributed by atoms with Gasteiger partial charge < -0.3 is 9.47 Å². The van der Waals surface area contributed by atoms with Crippen LogP contribution in [0.2, 0.25) is 5.02 Å². The van der Waals surface area contributed by atoms with Crippen molar-refractivity contribution in [1.82, 2.24) is 0 Å². The molecule has 0 spiro atoms. The molecule has 0 amide bonds. The molecule has 0 aliphatic heterocycles. The average molecular weight is 370 g/mol. The molecule has 21 heavy (non-hydrogen) atoms. The van der Waals surface area contributed by atoms with Gasteiger partial charge in [0.05, 0.1) is 17.7 Å². The van der Waals surface area contributed by atoms with Crippen molar-refractivity contribution in [3.05, 3.63) is 57.0 Å². The standard InChI is InChI=1S/C16H14BrClO3/c1-10-3-5-12(15(7-10)20-2)14(19)9-21-16-8-11(17)4-6-13(16)18/h3-8H,9H2,1-2H3. The summed E-state index contributed by atoms with van der Waals surface area (Å²) in [6.07, 6.45) is 0. The van der Waals surface area contributed by atoms with Crippen LogP contribution in [-0.4, -0.2) is 19.5 Å². The topological polar surface area (TPSA) is 35.5 Å². The first-order chi connectivity index (χ1) is 10.0. The van der Waals surface area contributed by atoms with E-state index in [0.29, 0.717) is 22.1 Å². The highest BCUT2D eigenvalue weighted by atomic mass is 79.9. The molecule has 0 radical (unpaired) electrons. The molecule has 3 nitrogen and oxygen atoms in total. The van der Waals surface area contributed by atoms with Crippen molar-refractivity contribution < 1.29 is 14.3 Å². The third-order valence-corrected chi connectivity index (χ3v) is 3.71. The molecule has 5 heteroatoms. The molecule has 0 aromatic heterocycles. The van der Waals surface area contributed by atoms with Crippen LogP contribution in [0.5, 0.6) is 11.5 Å². The molecule has 0 aliphatic rings. The van der Waals surface area contributed by atoms with Crippen LogP contribution in [0.4, 0.5) is 0 Å². The molecule has 0 fully saturated rings. The number of ether oxygens (including phenoxy) is 2. The summed E-state index contributed by atoms with van der Waals surface area (Å²) in [4.78, 5) is 12.2. The molecular formula is C16H14BrClO3. The Hall–Kier alpha value is -1.52. The quantitative estimate of drug-likeness (QED) is 0.718. The number of halogens is 2. The number of Topliss-reactive ketones (excluding diaryl/α,β-unsaturated/α-hetero) is 1. The number of hydrogen-bond acceptors (Lipinski definition) is 3. The molecule has 2 aromatic carbocycles. The zero-order chi connectivity index (χ0) is 15.4. The second kappa shape index (κ2) is 6.96. The van der Waals surface area contributed by atoms with Gasteiger partial charge >= 0.3 is 0 Å². The van der Waals surface area contributed by atoms with E-state index in [2.05, 4.69) is 15.9 Å². The van der Waals surface area contributed by atoms with Crippen LogP contribution in [-0.2, 0) is 0 Å². The Morgan fingerprint density at radius 2 is 1.95 bits per heavy atom. The maximum Gasteiger partial charge on any atom is 0.203 e. The van der Waals surface area contributed by atoms with Crippen LogP contribution in [0.15, 0.2) is 40.9 Å². The zero-order valence-electron chi connectivity index (χ0n) is 11.7. The lowest BCUT2D eigenvalue weighted by molar-refractivity contribution is 0.0918. The number of rotatable bonds is 5. The third kappa shape index (κ3) is 3.99. The fraction of sp³-hybridized carbons (Fsp3) is 0.188. The van der Waals surface area contributed by atoms with Crippen molar-refractivity contribution in [2.75, 3.05) is 13.7 Å². The van der Waals surface area contributed by atoms with Gasteiger partial charge in [-0.3, -0.25) is 4.79 Å². The van der Waals surface area contributed by atoms with Crippen LogP contribution in [0.1, 0.15) is 15.9 Å². The predicted octanol–water partition coefficient (Wildman–Crippen LogP) is 4.68. The first kappa shape index (κ1) is 15.9. The van der Waals surface area contributed by atoms with Gasteiger partial charge in [-0.15, -0.1) is 0 Å². The average Bonchev–Trinajstić information content (AvgIpc) is 2.47. The van der Waals surface area contributed by atoms with E-state index >= 15 is 0 Å². The lowest BCUT2D eigenvalue weighted by atomic mass is 10.1. The summed E-state index contributed by atoms with van der Waals surface area (Å²) >= 11 is 9.36. The summed E-state index contributed by atoms with van der Waals surface area (Å²) in [5.74, 6) is 0.845. The van der Waals surface area contributed by atoms with Crippen molar-refractivity contribution in [1.29, 1.82) is 0 Å². The third-order valence-electron chi connectivity index (χ3n) is 2.91. The number of carbonyl (C=O) groups excluding carboxylic acids is 1. The van der Waals surface area contributed by atoms with Gasteiger partial charge in [-0.2, -0.15) is 0 Å². The second-order valence-corrected chi connectivity index (χ2v) is 5.81. The summed E-state index contributed by atoms with van der Waals surface area (Å²) in [6.45, 7) is 1.84. The number of hydrogen-bond donors (Lipinski definition) is 0. The van der Waals surface area contributed by atoms with Gasteiger partial charge in [0.1, 0.15) is 11.5 Å². The highest BCUT2D eigenvalue weighted by molar-refractivity contribution is 9.10. The van der Waals surface area contributed by atoms with Gasteiger partial charge in [0, 0.05) is 4.47 Å². The van der Waals surface area contributed by atoms with Gasteiger partial charge in [0.15, 0.2) is 6.61 Å².